The zero-order valence-electron chi connectivity index (χ0n) is 9.22. The minimum absolute atomic E-state index is 0.0612. The second kappa shape index (κ2) is 4.37. The zero-order valence-corrected chi connectivity index (χ0v) is 9.22. The van der Waals surface area contributed by atoms with Gasteiger partial charge in [-0.1, -0.05) is 0 Å². The van der Waals surface area contributed by atoms with E-state index in [9.17, 15) is 8.78 Å². The first-order valence-electron chi connectivity index (χ1n) is 5.42. The van der Waals surface area contributed by atoms with Gasteiger partial charge in [0.05, 0.1) is 13.2 Å². The van der Waals surface area contributed by atoms with Crippen LogP contribution in [-0.4, -0.2) is 20.2 Å². The van der Waals surface area contributed by atoms with Gasteiger partial charge in [-0.15, -0.1) is 0 Å². The maximum absolute atomic E-state index is 13.6. The molecule has 0 aliphatic carbocycles. The van der Waals surface area contributed by atoms with Crippen LogP contribution >= 0.6 is 0 Å². The van der Waals surface area contributed by atoms with Crippen molar-refractivity contribution in [3.05, 3.63) is 29.3 Å². The summed E-state index contributed by atoms with van der Waals surface area (Å²) in [5, 5.41) is 2.51. The smallest absolute Gasteiger partial charge is 0.285 e. The molecule has 0 radical (unpaired) electrons. The summed E-state index contributed by atoms with van der Waals surface area (Å²) in [6, 6.07) is 4.65. The van der Waals surface area contributed by atoms with Gasteiger partial charge in [0.2, 0.25) is 0 Å². The molecular formula is C12H15F2NO. The Hall–Kier alpha value is -1.16. The van der Waals surface area contributed by atoms with E-state index in [0.29, 0.717) is 6.61 Å². The van der Waals surface area contributed by atoms with E-state index in [4.69, 9.17) is 4.74 Å². The largest absolute Gasteiger partial charge is 0.493 e. The standard InChI is InChI=1S/C12H15F2NO/c1-15-8-12(13,14)10-4-5-11-9(7-10)3-2-6-16-11/h4-5,7,15H,2-3,6,8H2,1H3. The van der Waals surface area contributed by atoms with Crippen LogP contribution in [-0.2, 0) is 12.3 Å². The van der Waals surface area contributed by atoms with Gasteiger partial charge in [-0.3, -0.25) is 0 Å². The second-order valence-electron chi connectivity index (χ2n) is 4.01. The number of rotatable bonds is 3. The Kier molecular flexibility index (Phi) is 3.10. The number of nitrogens with one attached hydrogen (secondary N) is 1. The van der Waals surface area contributed by atoms with E-state index in [-0.39, 0.29) is 12.1 Å². The quantitative estimate of drug-likeness (QED) is 0.855. The Labute approximate surface area is 93.6 Å². The summed E-state index contributed by atoms with van der Waals surface area (Å²) in [6.45, 7) is 0.339. The fourth-order valence-electron chi connectivity index (χ4n) is 1.91. The lowest BCUT2D eigenvalue weighted by Gasteiger charge is -2.21. The Morgan fingerprint density at radius 2 is 2.25 bits per heavy atom. The second-order valence-corrected chi connectivity index (χ2v) is 4.01. The van der Waals surface area contributed by atoms with Crippen molar-refractivity contribution in [3.63, 3.8) is 0 Å². The first-order valence-corrected chi connectivity index (χ1v) is 5.42. The van der Waals surface area contributed by atoms with Crippen molar-refractivity contribution < 1.29 is 13.5 Å². The van der Waals surface area contributed by atoms with Gasteiger partial charge in [-0.25, -0.2) is 0 Å². The van der Waals surface area contributed by atoms with Crippen LogP contribution in [0.4, 0.5) is 8.78 Å². The lowest BCUT2D eigenvalue weighted by Crippen LogP contribution is -2.28. The molecule has 1 aromatic rings. The molecule has 0 unspecified atom stereocenters. The van der Waals surface area contributed by atoms with Crippen molar-refractivity contribution >= 4 is 0 Å². The van der Waals surface area contributed by atoms with Gasteiger partial charge < -0.3 is 10.1 Å². The number of halogens is 2. The third-order valence-corrected chi connectivity index (χ3v) is 2.73. The minimum Gasteiger partial charge on any atom is -0.493 e. The lowest BCUT2D eigenvalue weighted by atomic mass is 10.00. The molecule has 2 rings (SSSR count). The number of alkyl halides is 2. The van der Waals surface area contributed by atoms with Crippen molar-refractivity contribution in [2.75, 3.05) is 20.2 Å². The molecule has 1 N–H and O–H groups in total. The summed E-state index contributed by atoms with van der Waals surface area (Å²) in [5.74, 6) is -2.07. The fourth-order valence-corrected chi connectivity index (χ4v) is 1.91. The van der Waals surface area contributed by atoms with Crippen LogP contribution < -0.4 is 10.1 Å². The summed E-state index contributed by atoms with van der Waals surface area (Å²) in [7, 11) is 1.52. The fraction of sp³-hybridized carbons (Fsp3) is 0.500. The van der Waals surface area contributed by atoms with Crippen LogP contribution in [0.3, 0.4) is 0 Å². The van der Waals surface area contributed by atoms with Gasteiger partial charge in [0, 0.05) is 5.56 Å². The SMILES string of the molecule is CNCC(F)(F)c1ccc2c(c1)CCCO2. The third-order valence-electron chi connectivity index (χ3n) is 2.73. The average Bonchev–Trinajstić information content (AvgIpc) is 2.28. The normalized spacial score (nSPS) is 15.4. The summed E-state index contributed by atoms with van der Waals surface area (Å²) in [4.78, 5) is 0. The zero-order chi connectivity index (χ0) is 11.6. The number of hydrogen-bond acceptors (Lipinski definition) is 2. The summed E-state index contributed by atoms with van der Waals surface area (Å²) in [5.41, 5.74) is 0.950. The molecule has 1 aromatic carbocycles. The van der Waals surface area contributed by atoms with E-state index in [1.165, 1.54) is 13.1 Å². The van der Waals surface area contributed by atoms with Crippen molar-refractivity contribution in [1.82, 2.24) is 5.32 Å². The molecule has 0 saturated carbocycles. The van der Waals surface area contributed by atoms with E-state index in [0.717, 1.165) is 24.2 Å². The number of aryl methyl sites for hydroxylation is 1. The van der Waals surface area contributed by atoms with E-state index in [2.05, 4.69) is 5.32 Å². The molecule has 1 aliphatic rings. The molecule has 4 heteroatoms. The molecule has 0 fully saturated rings. The number of ether oxygens (including phenoxy) is 1. The van der Waals surface area contributed by atoms with Crippen LogP contribution in [0.2, 0.25) is 0 Å². The average molecular weight is 227 g/mol. The molecule has 0 aromatic heterocycles. The summed E-state index contributed by atoms with van der Waals surface area (Å²) in [6.07, 6.45) is 1.72. The van der Waals surface area contributed by atoms with Gasteiger partial charge in [-0.05, 0) is 43.7 Å². The topological polar surface area (TPSA) is 21.3 Å². The van der Waals surface area contributed by atoms with E-state index >= 15 is 0 Å². The van der Waals surface area contributed by atoms with Crippen molar-refractivity contribution in [1.29, 1.82) is 0 Å². The lowest BCUT2D eigenvalue weighted by molar-refractivity contribution is -0.00141. The Morgan fingerprint density at radius 3 is 3.00 bits per heavy atom. The molecule has 1 aliphatic heterocycles. The predicted molar refractivity (Wildman–Crippen MR) is 58.1 cm³/mol. The molecule has 0 atom stereocenters. The Bertz CT molecular complexity index is 379. The van der Waals surface area contributed by atoms with E-state index in [1.54, 1.807) is 12.1 Å². The minimum atomic E-state index is -2.82. The van der Waals surface area contributed by atoms with Gasteiger partial charge in [0.15, 0.2) is 0 Å². The van der Waals surface area contributed by atoms with Crippen LogP contribution in [0.1, 0.15) is 17.5 Å². The van der Waals surface area contributed by atoms with Crippen LogP contribution in [0, 0.1) is 0 Å². The van der Waals surface area contributed by atoms with Crippen LogP contribution in [0.5, 0.6) is 5.75 Å². The van der Waals surface area contributed by atoms with Crippen molar-refractivity contribution in [2.24, 2.45) is 0 Å². The third kappa shape index (κ3) is 2.16. The van der Waals surface area contributed by atoms with E-state index < -0.39 is 5.92 Å². The molecule has 88 valence electrons. The van der Waals surface area contributed by atoms with Crippen molar-refractivity contribution in [3.8, 4) is 5.75 Å². The number of fused-ring (bicyclic) bond motifs is 1. The molecule has 2 nitrogen and oxygen atoms in total. The molecule has 0 saturated heterocycles. The van der Waals surface area contributed by atoms with Crippen LogP contribution in [0.25, 0.3) is 0 Å². The highest BCUT2D eigenvalue weighted by Gasteiger charge is 2.31. The summed E-state index contributed by atoms with van der Waals surface area (Å²) < 4.78 is 32.6. The summed E-state index contributed by atoms with van der Waals surface area (Å²) >= 11 is 0. The molecule has 0 amide bonds. The van der Waals surface area contributed by atoms with Crippen LogP contribution in [0.15, 0.2) is 18.2 Å². The molecule has 16 heavy (non-hydrogen) atoms. The monoisotopic (exact) mass is 227 g/mol. The van der Waals surface area contributed by atoms with Gasteiger partial charge >= 0.3 is 0 Å². The number of benzene rings is 1. The number of likely N-dealkylation sites (N-methyl/N-ethyl adjacent to an activating group) is 1. The highest BCUT2D eigenvalue weighted by Crippen LogP contribution is 2.32. The molecule has 1 heterocycles. The molecular weight excluding hydrogens is 212 g/mol. The maximum Gasteiger partial charge on any atom is 0.285 e. The number of hydrogen-bond donors (Lipinski definition) is 1. The van der Waals surface area contributed by atoms with Crippen molar-refractivity contribution in [2.45, 2.75) is 18.8 Å². The van der Waals surface area contributed by atoms with E-state index in [1.807, 2.05) is 0 Å². The Morgan fingerprint density at radius 1 is 1.44 bits per heavy atom. The Balaban J connectivity index is 2.29. The first kappa shape index (κ1) is 11.3. The predicted octanol–water partition coefficient (Wildman–Crippen LogP) is 2.32. The van der Waals surface area contributed by atoms with Gasteiger partial charge in [0.1, 0.15) is 5.75 Å². The van der Waals surface area contributed by atoms with Gasteiger partial charge in [0.25, 0.3) is 5.92 Å². The first-order chi connectivity index (χ1) is 7.63. The molecule has 0 spiro atoms. The highest BCUT2D eigenvalue weighted by molar-refractivity contribution is 5.40. The highest BCUT2D eigenvalue weighted by atomic mass is 19.3. The van der Waals surface area contributed by atoms with Gasteiger partial charge in [-0.2, -0.15) is 8.78 Å². The maximum atomic E-state index is 13.6. The molecule has 0 bridgehead atoms.